The fourth-order valence-corrected chi connectivity index (χ4v) is 4.68. The Morgan fingerprint density at radius 3 is 2.62 bits per heavy atom. The van der Waals surface area contributed by atoms with Crippen LogP contribution in [0.1, 0.15) is 37.5 Å². The average Bonchev–Trinajstić information content (AvgIpc) is 3.27. The molecule has 0 atom stereocenters. The predicted molar refractivity (Wildman–Crippen MR) is 137 cm³/mol. The van der Waals surface area contributed by atoms with Crippen molar-refractivity contribution in [1.82, 2.24) is 19.7 Å². The third-order valence-electron chi connectivity index (χ3n) is 6.54. The van der Waals surface area contributed by atoms with Gasteiger partial charge in [-0.1, -0.05) is 24.3 Å². The molecule has 39 heavy (non-hydrogen) atoms. The van der Waals surface area contributed by atoms with E-state index in [2.05, 4.69) is 15.4 Å². The van der Waals surface area contributed by atoms with Gasteiger partial charge in [0.05, 0.1) is 22.6 Å². The van der Waals surface area contributed by atoms with Crippen LogP contribution < -0.4 is 5.32 Å². The number of aryl methyl sites for hydroxylation is 2. The number of carbonyl (C=O) groups is 3. The zero-order valence-corrected chi connectivity index (χ0v) is 20.8. The standard InChI is InChI=1S/C28H23F2N5O4/c1-34-26-19(10-8-16-6-4-12-31-24(16)26)25(33-34)27(37)35(14-18-5-2-3-7-20(18)29)15-23(36)32-22-13-17(28(38)39)9-11-21(22)30/h2-7,9,11-13H,8,10,14-15H2,1H3,(H,32,36)(H,38,39). The molecule has 1 aliphatic carbocycles. The second kappa shape index (κ2) is 10.4. The van der Waals surface area contributed by atoms with Crippen LogP contribution in [0.5, 0.6) is 0 Å². The Bertz CT molecular complexity index is 1620. The number of nitrogens with one attached hydrogen (secondary N) is 1. The van der Waals surface area contributed by atoms with Gasteiger partial charge in [0.2, 0.25) is 5.91 Å². The molecular formula is C28H23F2N5O4. The molecule has 11 heteroatoms. The van der Waals surface area contributed by atoms with E-state index in [0.29, 0.717) is 24.1 Å². The Morgan fingerprint density at radius 2 is 1.85 bits per heavy atom. The average molecular weight is 532 g/mol. The molecule has 2 aromatic carbocycles. The van der Waals surface area contributed by atoms with Crippen LogP contribution in [0.2, 0.25) is 0 Å². The van der Waals surface area contributed by atoms with E-state index in [-0.39, 0.29) is 29.1 Å². The number of amides is 2. The second-order valence-corrected chi connectivity index (χ2v) is 9.11. The summed E-state index contributed by atoms with van der Waals surface area (Å²) in [4.78, 5) is 43.7. The van der Waals surface area contributed by atoms with Crippen LogP contribution in [0.25, 0.3) is 11.4 Å². The summed E-state index contributed by atoms with van der Waals surface area (Å²) in [6, 6.07) is 12.6. The SMILES string of the molecule is Cn1nc(C(=O)N(CC(=O)Nc2cc(C(=O)O)ccc2F)Cc2ccccc2F)c2c1-c1ncccc1CC2. The van der Waals surface area contributed by atoms with Crippen molar-refractivity contribution in [3.8, 4) is 11.4 Å². The summed E-state index contributed by atoms with van der Waals surface area (Å²) < 4.78 is 30.4. The van der Waals surface area contributed by atoms with Crippen LogP contribution in [0.4, 0.5) is 14.5 Å². The lowest BCUT2D eigenvalue weighted by Crippen LogP contribution is -2.38. The smallest absolute Gasteiger partial charge is 0.335 e. The molecule has 4 aromatic rings. The molecule has 2 amide bonds. The number of rotatable bonds is 7. The van der Waals surface area contributed by atoms with E-state index in [4.69, 9.17) is 0 Å². The fourth-order valence-electron chi connectivity index (χ4n) is 4.68. The van der Waals surface area contributed by atoms with E-state index in [1.165, 1.54) is 18.2 Å². The van der Waals surface area contributed by atoms with Crippen molar-refractivity contribution in [2.45, 2.75) is 19.4 Å². The van der Waals surface area contributed by atoms with Gasteiger partial charge in [0.1, 0.15) is 18.2 Å². The molecule has 5 rings (SSSR count). The first kappa shape index (κ1) is 25.7. The molecule has 0 fully saturated rings. The van der Waals surface area contributed by atoms with Crippen LogP contribution in [-0.4, -0.2) is 49.1 Å². The van der Waals surface area contributed by atoms with Crippen molar-refractivity contribution in [3.63, 3.8) is 0 Å². The molecule has 0 unspecified atom stereocenters. The number of aromatic carboxylic acids is 1. The molecule has 2 N–H and O–H groups in total. The van der Waals surface area contributed by atoms with Crippen LogP contribution in [-0.2, 0) is 31.2 Å². The largest absolute Gasteiger partial charge is 0.478 e. The predicted octanol–water partition coefficient (Wildman–Crippen LogP) is 3.84. The Labute approximate surface area is 221 Å². The summed E-state index contributed by atoms with van der Waals surface area (Å²) in [5.41, 5.74) is 2.84. The lowest BCUT2D eigenvalue weighted by atomic mass is 9.92. The van der Waals surface area contributed by atoms with Gasteiger partial charge in [-0.15, -0.1) is 0 Å². The third-order valence-corrected chi connectivity index (χ3v) is 6.54. The van der Waals surface area contributed by atoms with E-state index >= 15 is 0 Å². The lowest BCUT2D eigenvalue weighted by molar-refractivity contribution is -0.117. The first-order valence-electron chi connectivity index (χ1n) is 12.1. The number of halogens is 2. The molecule has 2 heterocycles. The van der Waals surface area contributed by atoms with Crippen molar-refractivity contribution >= 4 is 23.5 Å². The first-order chi connectivity index (χ1) is 18.7. The maximum absolute atomic E-state index is 14.5. The number of carbonyl (C=O) groups excluding carboxylic acids is 2. The summed E-state index contributed by atoms with van der Waals surface area (Å²) >= 11 is 0. The van der Waals surface area contributed by atoms with E-state index in [9.17, 15) is 28.3 Å². The summed E-state index contributed by atoms with van der Waals surface area (Å²) in [5, 5.41) is 16.0. The Morgan fingerprint density at radius 1 is 1.05 bits per heavy atom. The number of benzene rings is 2. The molecule has 0 bridgehead atoms. The van der Waals surface area contributed by atoms with E-state index in [1.54, 1.807) is 24.0 Å². The zero-order valence-electron chi connectivity index (χ0n) is 20.8. The summed E-state index contributed by atoms with van der Waals surface area (Å²) in [7, 11) is 1.70. The highest BCUT2D eigenvalue weighted by Gasteiger charge is 2.31. The highest BCUT2D eigenvalue weighted by atomic mass is 19.1. The molecule has 0 spiro atoms. The maximum Gasteiger partial charge on any atom is 0.335 e. The van der Waals surface area contributed by atoms with Gasteiger partial charge in [-0.25, -0.2) is 13.6 Å². The van der Waals surface area contributed by atoms with Gasteiger partial charge in [0, 0.05) is 30.9 Å². The van der Waals surface area contributed by atoms with Gasteiger partial charge in [0.25, 0.3) is 5.91 Å². The monoisotopic (exact) mass is 531 g/mol. The number of hydrogen-bond donors (Lipinski definition) is 2. The number of pyridine rings is 1. The van der Waals surface area contributed by atoms with Crippen LogP contribution in [0.15, 0.2) is 60.8 Å². The Hall–Kier alpha value is -4.93. The van der Waals surface area contributed by atoms with E-state index < -0.39 is 36.0 Å². The van der Waals surface area contributed by atoms with Gasteiger partial charge in [-0.3, -0.25) is 19.3 Å². The van der Waals surface area contributed by atoms with E-state index in [1.807, 2.05) is 12.1 Å². The summed E-state index contributed by atoms with van der Waals surface area (Å²) in [6.45, 7) is -0.819. The van der Waals surface area contributed by atoms with Crippen molar-refractivity contribution < 1.29 is 28.3 Å². The van der Waals surface area contributed by atoms with Gasteiger partial charge < -0.3 is 15.3 Å². The Balaban J connectivity index is 1.47. The topological polar surface area (TPSA) is 117 Å². The molecule has 1 aliphatic rings. The normalized spacial score (nSPS) is 11.9. The van der Waals surface area contributed by atoms with Gasteiger partial charge >= 0.3 is 5.97 Å². The van der Waals surface area contributed by atoms with Crippen LogP contribution in [0, 0.1) is 11.6 Å². The number of nitrogens with zero attached hydrogens (tertiary/aromatic N) is 4. The minimum Gasteiger partial charge on any atom is -0.478 e. The van der Waals surface area contributed by atoms with E-state index in [0.717, 1.165) is 34.4 Å². The number of carboxylic acid groups (broad SMARTS) is 1. The highest BCUT2D eigenvalue weighted by Crippen LogP contribution is 2.34. The highest BCUT2D eigenvalue weighted by molar-refractivity contribution is 6.00. The molecule has 198 valence electrons. The quantitative estimate of drug-likeness (QED) is 0.374. The Kier molecular flexibility index (Phi) is 6.88. The van der Waals surface area contributed by atoms with Crippen molar-refractivity contribution in [1.29, 1.82) is 0 Å². The number of hydrogen-bond acceptors (Lipinski definition) is 5. The van der Waals surface area contributed by atoms with Crippen molar-refractivity contribution in [3.05, 3.63) is 100 Å². The molecule has 0 aliphatic heterocycles. The van der Waals surface area contributed by atoms with Crippen molar-refractivity contribution in [2.75, 3.05) is 11.9 Å². The number of fused-ring (bicyclic) bond motifs is 3. The van der Waals surface area contributed by atoms with Gasteiger partial charge in [0.15, 0.2) is 5.69 Å². The molecule has 0 saturated heterocycles. The number of aromatic nitrogens is 3. The maximum atomic E-state index is 14.5. The minimum absolute atomic E-state index is 0.118. The molecule has 9 nitrogen and oxygen atoms in total. The second-order valence-electron chi connectivity index (χ2n) is 9.11. The molecule has 0 radical (unpaired) electrons. The zero-order chi connectivity index (χ0) is 27.7. The minimum atomic E-state index is -1.29. The third kappa shape index (κ3) is 5.11. The molecule has 2 aromatic heterocycles. The van der Waals surface area contributed by atoms with Crippen molar-refractivity contribution in [2.24, 2.45) is 7.05 Å². The number of carboxylic acids is 1. The summed E-state index contributed by atoms with van der Waals surface area (Å²) in [5.74, 6) is -4.09. The van der Waals surface area contributed by atoms with Gasteiger partial charge in [-0.2, -0.15) is 5.10 Å². The fraction of sp³-hybridized carbons (Fsp3) is 0.179. The van der Waals surface area contributed by atoms with Crippen LogP contribution >= 0.6 is 0 Å². The number of anilines is 1. The lowest BCUT2D eigenvalue weighted by Gasteiger charge is -2.23. The van der Waals surface area contributed by atoms with Crippen LogP contribution in [0.3, 0.4) is 0 Å². The molecule has 0 saturated carbocycles. The molecular weight excluding hydrogens is 508 g/mol. The first-order valence-corrected chi connectivity index (χ1v) is 12.1. The van der Waals surface area contributed by atoms with Gasteiger partial charge in [-0.05, 0) is 48.7 Å². The summed E-state index contributed by atoms with van der Waals surface area (Å²) in [6.07, 6.45) is 2.83.